The smallest absolute Gasteiger partial charge is 0.244 e. The Labute approximate surface area is 145 Å². The fraction of sp³-hybridized carbons (Fsp3) is 0.125. The zero-order chi connectivity index (χ0) is 15.5. The van der Waals surface area contributed by atoms with Crippen LogP contribution in [-0.4, -0.2) is 15.2 Å². The summed E-state index contributed by atoms with van der Waals surface area (Å²) in [4.78, 5) is 16.2. The van der Waals surface area contributed by atoms with Crippen LogP contribution < -0.4 is 0 Å². The predicted molar refractivity (Wildman–Crippen MR) is 98.0 cm³/mol. The maximum Gasteiger partial charge on any atom is 0.244 e. The van der Waals surface area contributed by atoms with Gasteiger partial charge in [-0.25, -0.2) is 4.99 Å². The summed E-state index contributed by atoms with van der Waals surface area (Å²) in [5.41, 5.74) is 1.42. The van der Waals surface area contributed by atoms with Gasteiger partial charge in [-0.15, -0.1) is 0 Å². The molecule has 2 heterocycles. The summed E-state index contributed by atoms with van der Waals surface area (Å²) in [6.45, 7) is 2.04. The van der Waals surface area contributed by atoms with E-state index in [0.29, 0.717) is 11.5 Å². The average Bonchev–Trinajstić information content (AvgIpc) is 3.08. The molecule has 0 bridgehead atoms. The zero-order valence-electron chi connectivity index (χ0n) is 11.7. The Hall–Kier alpha value is -1.24. The van der Waals surface area contributed by atoms with E-state index in [-0.39, 0.29) is 5.12 Å². The van der Waals surface area contributed by atoms with Crippen LogP contribution in [0.5, 0.6) is 0 Å². The van der Waals surface area contributed by atoms with E-state index in [0.717, 1.165) is 25.9 Å². The van der Waals surface area contributed by atoms with Gasteiger partial charge in [-0.3, -0.25) is 4.79 Å². The van der Waals surface area contributed by atoms with Gasteiger partial charge in [-0.1, -0.05) is 46.7 Å². The Morgan fingerprint density at radius 1 is 1.36 bits per heavy atom. The minimum atomic E-state index is -0.0312. The van der Waals surface area contributed by atoms with Crippen LogP contribution in [-0.2, 0) is 4.79 Å². The predicted octanol–water partition coefficient (Wildman–Crippen LogP) is 5.43. The lowest BCUT2D eigenvalue weighted by Gasteiger charge is -1.97. The minimum Gasteiger partial charge on any atom is -0.457 e. The van der Waals surface area contributed by atoms with E-state index in [1.54, 1.807) is 17.8 Å². The van der Waals surface area contributed by atoms with E-state index in [4.69, 9.17) is 4.42 Å². The molecule has 3 rings (SSSR count). The summed E-state index contributed by atoms with van der Waals surface area (Å²) >= 11 is 6.20. The monoisotopic (exact) mass is 393 g/mol. The summed E-state index contributed by atoms with van der Waals surface area (Å²) in [6, 6.07) is 11.6. The number of halogens is 1. The van der Waals surface area contributed by atoms with E-state index in [1.807, 2.05) is 43.3 Å². The van der Waals surface area contributed by atoms with Crippen molar-refractivity contribution in [2.24, 2.45) is 4.99 Å². The van der Waals surface area contributed by atoms with Gasteiger partial charge in [0.25, 0.3) is 0 Å². The second kappa shape index (κ2) is 6.89. The standard InChI is InChI=1S/C16H12BrNO2S2/c1-2-21-16-18-13(15(19)22-16)9-12-6-7-14(20-12)10-4-3-5-11(17)8-10/h3-9H,2H2,1H3. The average molecular weight is 394 g/mol. The number of hydrogen-bond donors (Lipinski definition) is 0. The molecule has 0 fully saturated rings. The molecule has 1 aliphatic rings. The lowest BCUT2D eigenvalue weighted by Crippen LogP contribution is -1.87. The quantitative estimate of drug-likeness (QED) is 0.651. The lowest BCUT2D eigenvalue weighted by atomic mass is 10.2. The van der Waals surface area contributed by atoms with Crippen molar-refractivity contribution in [1.82, 2.24) is 0 Å². The first-order valence-corrected chi connectivity index (χ1v) is 9.26. The fourth-order valence-electron chi connectivity index (χ4n) is 1.94. The third-order valence-corrected chi connectivity index (χ3v) is 5.27. The molecule has 22 heavy (non-hydrogen) atoms. The molecule has 0 atom stereocenters. The lowest BCUT2D eigenvalue weighted by molar-refractivity contribution is -0.107. The van der Waals surface area contributed by atoms with Crippen molar-refractivity contribution in [2.45, 2.75) is 6.92 Å². The van der Waals surface area contributed by atoms with Crippen LogP contribution in [0.2, 0.25) is 0 Å². The molecule has 0 unspecified atom stereocenters. The molecule has 3 nitrogen and oxygen atoms in total. The Morgan fingerprint density at radius 3 is 3.00 bits per heavy atom. The molecule has 0 N–H and O–H groups in total. The van der Waals surface area contributed by atoms with Crippen molar-refractivity contribution in [2.75, 3.05) is 5.75 Å². The van der Waals surface area contributed by atoms with Gasteiger partial charge in [0.15, 0.2) is 0 Å². The molecule has 6 heteroatoms. The highest BCUT2D eigenvalue weighted by atomic mass is 79.9. The Bertz CT molecular complexity index is 780. The second-order valence-electron chi connectivity index (χ2n) is 4.44. The van der Waals surface area contributed by atoms with Gasteiger partial charge in [-0.05, 0) is 41.8 Å². The van der Waals surface area contributed by atoms with E-state index < -0.39 is 0 Å². The third-order valence-electron chi connectivity index (χ3n) is 2.88. The van der Waals surface area contributed by atoms with E-state index in [2.05, 4.69) is 20.9 Å². The molecule has 2 aromatic rings. The number of furan rings is 1. The maximum atomic E-state index is 11.9. The maximum absolute atomic E-state index is 11.9. The van der Waals surface area contributed by atoms with Crippen LogP contribution in [0.25, 0.3) is 17.4 Å². The number of nitrogens with zero attached hydrogens (tertiary/aromatic N) is 1. The Balaban J connectivity index is 1.85. The van der Waals surface area contributed by atoms with E-state index >= 15 is 0 Å². The summed E-state index contributed by atoms with van der Waals surface area (Å²) in [5.74, 6) is 2.30. The van der Waals surface area contributed by atoms with Crippen LogP contribution in [0.1, 0.15) is 12.7 Å². The van der Waals surface area contributed by atoms with Crippen LogP contribution in [0.15, 0.2) is 56.0 Å². The van der Waals surface area contributed by atoms with Gasteiger partial charge in [0, 0.05) is 16.1 Å². The molecule has 0 saturated heterocycles. The molecule has 0 saturated carbocycles. The molecule has 0 spiro atoms. The number of benzene rings is 1. The van der Waals surface area contributed by atoms with Gasteiger partial charge in [0.1, 0.15) is 21.6 Å². The summed E-state index contributed by atoms with van der Waals surface area (Å²) < 4.78 is 7.59. The molecule has 0 aliphatic carbocycles. The largest absolute Gasteiger partial charge is 0.457 e. The van der Waals surface area contributed by atoms with Crippen molar-refractivity contribution >= 4 is 55.0 Å². The molecule has 0 radical (unpaired) electrons. The number of hydrogen-bond acceptors (Lipinski definition) is 5. The van der Waals surface area contributed by atoms with Crippen LogP contribution in [0.3, 0.4) is 0 Å². The molecule has 1 aliphatic heterocycles. The molecular weight excluding hydrogens is 382 g/mol. The SMILES string of the molecule is CCSC1=NC(=Cc2ccc(-c3cccc(Br)c3)o2)C(=O)S1. The zero-order valence-corrected chi connectivity index (χ0v) is 14.9. The fourth-order valence-corrected chi connectivity index (χ4v) is 4.07. The van der Waals surface area contributed by atoms with Crippen LogP contribution >= 0.6 is 39.5 Å². The topological polar surface area (TPSA) is 42.6 Å². The molecule has 1 aromatic carbocycles. The summed E-state index contributed by atoms with van der Waals surface area (Å²) in [7, 11) is 0. The van der Waals surface area contributed by atoms with Crippen molar-refractivity contribution in [3.63, 3.8) is 0 Å². The van der Waals surface area contributed by atoms with Crippen molar-refractivity contribution in [1.29, 1.82) is 0 Å². The highest BCUT2D eigenvalue weighted by Gasteiger charge is 2.22. The second-order valence-corrected chi connectivity index (χ2v) is 7.83. The van der Waals surface area contributed by atoms with Crippen molar-refractivity contribution < 1.29 is 9.21 Å². The highest BCUT2D eigenvalue weighted by Crippen LogP contribution is 2.32. The Kier molecular flexibility index (Phi) is 4.90. The van der Waals surface area contributed by atoms with Crippen LogP contribution in [0.4, 0.5) is 0 Å². The number of thioether (sulfide) groups is 2. The van der Waals surface area contributed by atoms with Gasteiger partial charge in [0.2, 0.25) is 5.12 Å². The van der Waals surface area contributed by atoms with Gasteiger partial charge in [0.05, 0.1) is 0 Å². The first-order valence-electron chi connectivity index (χ1n) is 6.67. The number of carbonyl (C=O) groups is 1. The van der Waals surface area contributed by atoms with Gasteiger partial charge in [-0.2, -0.15) is 0 Å². The summed E-state index contributed by atoms with van der Waals surface area (Å²) in [6.07, 6.45) is 1.69. The molecule has 112 valence electrons. The first kappa shape index (κ1) is 15.6. The third kappa shape index (κ3) is 3.56. The number of carbonyl (C=O) groups excluding carboxylic acids is 1. The Morgan fingerprint density at radius 2 is 2.23 bits per heavy atom. The van der Waals surface area contributed by atoms with Crippen molar-refractivity contribution in [3.05, 3.63) is 52.3 Å². The summed E-state index contributed by atoms with van der Waals surface area (Å²) in [5, 5.41) is -0.0312. The highest BCUT2D eigenvalue weighted by molar-refractivity contribution is 9.10. The number of aliphatic imine (C=N–C) groups is 1. The van der Waals surface area contributed by atoms with Gasteiger partial charge < -0.3 is 4.42 Å². The molecule has 0 amide bonds. The molecule has 1 aromatic heterocycles. The van der Waals surface area contributed by atoms with Crippen LogP contribution in [0, 0.1) is 0 Å². The van der Waals surface area contributed by atoms with E-state index in [9.17, 15) is 4.79 Å². The van der Waals surface area contributed by atoms with E-state index in [1.165, 1.54) is 11.8 Å². The van der Waals surface area contributed by atoms with Crippen molar-refractivity contribution in [3.8, 4) is 11.3 Å². The number of rotatable bonds is 3. The molecular formula is C16H12BrNO2S2. The minimum absolute atomic E-state index is 0.0312. The first-order chi connectivity index (χ1) is 10.7. The van der Waals surface area contributed by atoms with Gasteiger partial charge >= 0.3 is 0 Å². The normalized spacial score (nSPS) is 16.4.